The van der Waals surface area contributed by atoms with Crippen molar-refractivity contribution in [3.05, 3.63) is 60.2 Å². The van der Waals surface area contributed by atoms with Gasteiger partial charge in [0.1, 0.15) is 17.4 Å². The van der Waals surface area contributed by atoms with Gasteiger partial charge in [0.15, 0.2) is 0 Å². The molecule has 146 valence electrons. The first-order valence-corrected chi connectivity index (χ1v) is 10.2. The van der Waals surface area contributed by atoms with Crippen LogP contribution in [0, 0.1) is 11.6 Å². The van der Waals surface area contributed by atoms with Crippen LogP contribution in [0.15, 0.2) is 58.3 Å². The van der Waals surface area contributed by atoms with Crippen LogP contribution < -0.4 is 4.72 Å². The highest BCUT2D eigenvalue weighted by Gasteiger charge is 2.19. The molecule has 0 amide bonds. The zero-order valence-electron chi connectivity index (χ0n) is 14.0. The third-order valence-corrected chi connectivity index (χ3v) is 6.15. The summed E-state index contributed by atoms with van der Waals surface area (Å²) in [7, 11) is -4.11. The molecule has 0 aliphatic carbocycles. The Morgan fingerprint density at radius 2 is 1.64 bits per heavy atom. The predicted molar refractivity (Wildman–Crippen MR) is 101 cm³/mol. The van der Waals surface area contributed by atoms with Crippen molar-refractivity contribution in [3.63, 3.8) is 0 Å². The second kappa shape index (κ2) is 7.64. The number of thioether (sulfide) groups is 1. The van der Waals surface area contributed by atoms with Gasteiger partial charge in [-0.25, -0.2) is 17.2 Å². The average molecular weight is 425 g/mol. The number of benzene rings is 3. The monoisotopic (exact) mass is 425 g/mol. The van der Waals surface area contributed by atoms with Crippen molar-refractivity contribution in [2.24, 2.45) is 0 Å². The number of fused-ring (bicyclic) bond motifs is 1. The SMILES string of the molecule is O=C(O)CSc1cc(NS(=O)(=O)c2ccc(F)cc2)c2ccc(F)cc2c1O. The molecule has 0 aliphatic heterocycles. The number of hydrogen-bond donors (Lipinski definition) is 3. The number of rotatable bonds is 6. The molecule has 0 heterocycles. The van der Waals surface area contributed by atoms with Gasteiger partial charge in [0, 0.05) is 10.8 Å². The Hall–Kier alpha value is -2.85. The van der Waals surface area contributed by atoms with Gasteiger partial charge in [-0.15, -0.1) is 11.8 Å². The summed E-state index contributed by atoms with van der Waals surface area (Å²) in [6.07, 6.45) is 0. The lowest BCUT2D eigenvalue weighted by Crippen LogP contribution is -2.13. The summed E-state index contributed by atoms with van der Waals surface area (Å²) in [5, 5.41) is 19.4. The Bertz CT molecular complexity index is 1160. The summed E-state index contributed by atoms with van der Waals surface area (Å²) >= 11 is 0.757. The molecule has 3 N–H and O–H groups in total. The van der Waals surface area contributed by atoms with E-state index in [2.05, 4.69) is 4.72 Å². The highest BCUT2D eigenvalue weighted by molar-refractivity contribution is 8.00. The minimum absolute atomic E-state index is 0.0185. The number of anilines is 1. The van der Waals surface area contributed by atoms with E-state index in [0.29, 0.717) is 0 Å². The van der Waals surface area contributed by atoms with E-state index in [0.717, 1.165) is 48.2 Å². The van der Waals surface area contributed by atoms with E-state index in [4.69, 9.17) is 5.11 Å². The number of phenols is 1. The number of halogens is 2. The Kier molecular flexibility index (Phi) is 5.43. The Morgan fingerprint density at radius 1 is 1.00 bits per heavy atom. The lowest BCUT2D eigenvalue weighted by molar-refractivity contribution is -0.133. The largest absolute Gasteiger partial charge is 0.506 e. The molecule has 3 aromatic rings. The minimum Gasteiger partial charge on any atom is -0.506 e. The van der Waals surface area contributed by atoms with E-state index in [1.165, 1.54) is 12.1 Å². The van der Waals surface area contributed by atoms with Crippen molar-refractivity contribution < 1.29 is 32.2 Å². The van der Waals surface area contributed by atoms with Gasteiger partial charge < -0.3 is 10.2 Å². The molecular weight excluding hydrogens is 412 g/mol. The van der Waals surface area contributed by atoms with Gasteiger partial charge in [0.25, 0.3) is 10.0 Å². The lowest BCUT2D eigenvalue weighted by atomic mass is 10.1. The van der Waals surface area contributed by atoms with Crippen LogP contribution in [0.1, 0.15) is 0 Å². The lowest BCUT2D eigenvalue weighted by Gasteiger charge is -2.15. The van der Waals surface area contributed by atoms with Crippen molar-refractivity contribution in [1.82, 2.24) is 0 Å². The highest BCUT2D eigenvalue weighted by Crippen LogP contribution is 2.40. The Labute approximate surface area is 162 Å². The summed E-state index contributed by atoms with van der Waals surface area (Å²) in [4.78, 5) is 10.7. The molecule has 0 saturated heterocycles. The molecular formula is C18H13F2NO5S2. The van der Waals surface area contributed by atoms with Crippen LogP contribution in [0.25, 0.3) is 10.8 Å². The van der Waals surface area contributed by atoms with E-state index in [-0.39, 0.29) is 32.0 Å². The van der Waals surface area contributed by atoms with Gasteiger partial charge in [-0.05, 0) is 48.5 Å². The number of sulfonamides is 1. The Balaban J connectivity index is 2.12. The summed E-state index contributed by atoms with van der Waals surface area (Å²) in [6.45, 7) is 0. The van der Waals surface area contributed by atoms with Crippen LogP contribution in [0.2, 0.25) is 0 Å². The minimum atomic E-state index is -4.11. The molecule has 0 aromatic heterocycles. The van der Waals surface area contributed by atoms with Gasteiger partial charge in [-0.3, -0.25) is 9.52 Å². The topological polar surface area (TPSA) is 104 Å². The van der Waals surface area contributed by atoms with Crippen LogP contribution in [0.5, 0.6) is 5.75 Å². The van der Waals surface area contributed by atoms with Gasteiger partial charge in [0.2, 0.25) is 0 Å². The van der Waals surface area contributed by atoms with Gasteiger partial charge in [0.05, 0.1) is 21.2 Å². The molecule has 3 rings (SSSR count). The molecule has 0 atom stereocenters. The summed E-state index contributed by atoms with van der Waals surface area (Å²) in [5.41, 5.74) is 0.0185. The highest BCUT2D eigenvalue weighted by atomic mass is 32.2. The number of aromatic hydroxyl groups is 1. The zero-order chi connectivity index (χ0) is 20.5. The fraction of sp³-hybridized carbons (Fsp3) is 0.0556. The third kappa shape index (κ3) is 4.18. The van der Waals surface area contributed by atoms with Crippen molar-refractivity contribution in [2.75, 3.05) is 10.5 Å². The van der Waals surface area contributed by atoms with Crippen LogP contribution >= 0.6 is 11.8 Å². The molecule has 6 nitrogen and oxygen atoms in total. The van der Waals surface area contributed by atoms with Crippen molar-refractivity contribution >= 4 is 44.2 Å². The first-order valence-electron chi connectivity index (χ1n) is 7.75. The summed E-state index contributed by atoms with van der Waals surface area (Å²) in [5.74, 6) is -3.14. The number of nitrogens with one attached hydrogen (secondary N) is 1. The number of carbonyl (C=O) groups is 1. The molecule has 0 radical (unpaired) electrons. The summed E-state index contributed by atoms with van der Waals surface area (Å²) < 4.78 is 54.3. The molecule has 28 heavy (non-hydrogen) atoms. The molecule has 0 aliphatic rings. The fourth-order valence-corrected chi connectivity index (χ4v) is 4.31. The maximum atomic E-state index is 13.6. The number of phenolic OH excluding ortho intramolecular Hbond substituents is 1. The van der Waals surface area contributed by atoms with Gasteiger partial charge in [-0.1, -0.05) is 0 Å². The van der Waals surface area contributed by atoms with E-state index in [1.54, 1.807) is 0 Å². The van der Waals surface area contributed by atoms with E-state index in [9.17, 15) is 27.1 Å². The zero-order valence-corrected chi connectivity index (χ0v) is 15.7. The second-order valence-electron chi connectivity index (χ2n) is 5.70. The van der Waals surface area contributed by atoms with E-state index < -0.39 is 33.4 Å². The standard InChI is InChI=1S/C18H13F2NO5S2/c19-10-1-4-12(5-2-10)28(25,26)21-15-8-16(27-9-17(22)23)18(24)14-7-11(20)3-6-13(14)15/h1-8,21,24H,9H2,(H,22,23). The van der Waals surface area contributed by atoms with E-state index >= 15 is 0 Å². The fourth-order valence-electron chi connectivity index (χ4n) is 2.51. The Morgan fingerprint density at radius 3 is 2.29 bits per heavy atom. The smallest absolute Gasteiger partial charge is 0.313 e. The van der Waals surface area contributed by atoms with Crippen LogP contribution in [-0.4, -0.2) is 30.4 Å². The summed E-state index contributed by atoms with van der Waals surface area (Å²) in [6, 6.07) is 8.83. The third-order valence-electron chi connectivity index (χ3n) is 3.76. The maximum absolute atomic E-state index is 13.6. The van der Waals surface area contributed by atoms with Crippen molar-refractivity contribution in [1.29, 1.82) is 0 Å². The maximum Gasteiger partial charge on any atom is 0.313 e. The van der Waals surface area contributed by atoms with Crippen LogP contribution in [0.3, 0.4) is 0 Å². The molecule has 3 aromatic carbocycles. The quantitative estimate of drug-likeness (QED) is 0.410. The molecule has 0 saturated carbocycles. The number of carboxylic acid groups (broad SMARTS) is 1. The van der Waals surface area contributed by atoms with Gasteiger partial charge >= 0.3 is 5.97 Å². The first kappa shape index (κ1) is 19.9. The number of carboxylic acids is 1. The normalized spacial score (nSPS) is 11.5. The van der Waals surface area contributed by atoms with Crippen molar-refractivity contribution in [2.45, 2.75) is 9.79 Å². The number of aliphatic carboxylic acids is 1. The second-order valence-corrected chi connectivity index (χ2v) is 8.40. The predicted octanol–water partition coefficient (Wildman–Crippen LogP) is 3.80. The number of hydrogen-bond acceptors (Lipinski definition) is 5. The molecule has 0 bridgehead atoms. The van der Waals surface area contributed by atoms with Gasteiger partial charge in [-0.2, -0.15) is 0 Å². The van der Waals surface area contributed by atoms with E-state index in [1.807, 2.05) is 0 Å². The first-order chi connectivity index (χ1) is 13.2. The van der Waals surface area contributed by atoms with Crippen LogP contribution in [0.4, 0.5) is 14.5 Å². The van der Waals surface area contributed by atoms with Crippen molar-refractivity contribution in [3.8, 4) is 5.75 Å². The molecule has 0 unspecified atom stereocenters. The van der Waals surface area contributed by atoms with Crippen LogP contribution in [-0.2, 0) is 14.8 Å². The molecule has 0 spiro atoms. The molecule has 10 heteroatoms. The average Bonchev–Trinajstić information content (AvgIpc) is 2.63. The molecule has 0 fully saturated rings.